The lowest BCUT2D eigenvalue weighted by Crippen LogP contribution is -2.50. The molecule has 0 aromatic rings. The van der Waals surface area contributed by atoms with Crippen LogP contribution in [0.1, 0.15) is 65.7 Å². The molecule has 0 amide bonds. The summed E-state index contributed by atoms with van der Waals surface area (Å²) in [5, 5.41) is 0. The number of piperidine rings is 1. The van der Waals surface area contributed by atoms with Crippen LogP contribution in [0.2, 0.25) is 0 Å². The first-order valence-corrected chi connectivity index (χ1v) is 8.27. The maximum Gasteiger partial charge on any atom is 0.127 e. The van der Waals surface area contributed by atoms with Crippen molar-refractivity contribution in [2.75, 3.05) is 13.1 Å². The predicted molar refractivity (Wildman–Crippen MR) is 80.2 cm³/mol. The van der Waals surface area contributed by atoms with E-state index >= 15 is 0 Å². The van der Waals surface area contributed by atoms with Crippen molar-refractivity contribution >= 4 is 6.29 Å². The van der Waals surface area contributed by atoms with Crippen LogP contribution in [0.15, 0.2) is 0 Å². The fourth-order valence-electron chi connectivity index (χ4n) is 4.19. The predicted octanol–water partition coefficient (Wildman–Crippen LogP) is 3.89. The molecule has 1 aliphatic carbocycles. The molecule has 0 spiro atoms. The minimum absolute atomic E-state index is 0.0401. The third kappa shape index (κ3) is 3.59. The number of hydrogen-bond acceptors (Lipinski definition) is 2. The van der Waals surface area contributed by atoms with Crippen LogP contribution in [0, 0.1) is 17.3 Å². The second-order valence-corrected chi connectivity index (χ2v) is 7.38. The number of carbonyl (C=O) groups is 1. The normalized spacial score (nSPS) is 36.7. The lowest BCUT2D eigenvalue weighted by atomic mass is 9.78. The molecule has 0 N–H and O–H groups in total. The van der Waals surface area contributed by atoms with Gasteiger partial charge in [0.2, 0.25) is 0 Å². The van der Waals surface area contributed by atoms with Gasteiger partial charge in [0.25, 0.3) is 0 Å². The average Bonchev–Trinajstić information content (AvgIpc) is 2.61. The van der Waals surface area contributed by atoms with Crippen LogP contribution >= 0.6 is 0 Å². The minimum atomic E-state index is -0.0401. The summed E-state index contributed by atoms with van der Waals surface area (Å²) >= 11 is 0. The fourth-order valence-corrected chi connectivity index (χ4v) is 4.19. The highest BCUT2D eigenvalue weighted by Gasteiger charge is 2.37. The summed E-state index contributed by atoms with van der Waals surface area (Å²) in [7, 11) is 0. The third-order valence-corrected chi connectivity index (χ3v) is 5.59. The molecular formula is C17H31NO. The van der Waals surface area contributed by atoms with Crippen molar-refractivity contribution in [3.63, 3.8) is 0 Å². The molecule has 2 fully saturated rings. The number of hydrogen-bond donors (Lipinski definition) is 0. The van der Waals surface area contributed by atoms with Crippen molar-refractivity contribution in [3.8, 4) is 0 Å². The molecule has 2 rings (SSSR count). The summed E-state index contributed by atoms with van der Waals surface area (Å²) in [4.78, 5) is 14.4. The van der Waals surface area contributed by atoms with Crippen molar-refractivity contribution < 1.29 is 4.79 Å². The lowest BCUT2D eigenvalue weighted by molar-refractivity contribution is -0.119. The van der Waals surface area contributed by atoms with E-state index in [4.69, 9.17) is 0 Å². The van der Waals surface area contributed by atoms with Crippen molar-refractivity contribution in [2.45, 2.75) is 71.8 Å². The Balaban J connectivity index is 2.05. The number of carbonyl (C=O) groups excluding carboxylic acids is 1. The summed E-state index contributed by atoms with van der Waals surface area (Å²) in [6, 6.07) is 0.635. The second-order valence-electron chi connectivity index (χ2n) is 7.38. The number of aldehydes is 1. The molecule has 1 heterocycles. The first-order valence-electron chi connectivity index (χ1n) is 8.27. The largest absolute Gasteiger partial charge is 0.303 e. The van der Waals surface area contributed by atoms with Crippen LogP contribution < -0.4 is 0 Å². The highest BCUT2D eigenvalue weighted by molar-refractivity contribution is 5.59. The van der Waals surface area contributed by atoms with E-state index in [9.17, 15) is 4.79 Å². The molecular weight excluding hydrogens is 234 g/mol. The summed E-state index contributed by atoms with van der Waals surface area (Å²) < 4.78 is 0. The van der Waals surface area contributed by atoms with Gasteiger partial charge in [-0.25, -0.2) is 0 Å². The van der Waals surface area contributed by atoms with Gasteiger partial charge in [0.1, 0.15) is 6.29 Å². The van der Waals surface area contributed by atoms with Crippen LogP contribution in [0.25, 0.3) is 0 Å². The molecule has 0 aromatic carbocycles. The SMILES string of the molecule is CC1CC(C)C(C)N(CC2(C=O)CCCCCC2)C1. The Kier molecular flexibility index (Phi) is 5.05. The number of rotatable bonds is 3. The molecule has 2 nitrogen and oxygen atoms in total. The Bertz CT molecular complexity index is 294. The van der Waals surface area contributed by atoms with E-state index in [0.29, 0.717) is 6.04 Å². The smallest absolute Gasteiger partial charge is 0.127 e. The molecule has 19 heavy (non-hydrogen) atoms. The molecule has 0 radical (unpaired) electrons. The zero-order chi connectivity index (χ0) is 13.9. The molecule has 2 heteroatoms. The molecule has 110 valence electrons. The van der Waals surface area contributed by atoms with Crippen LogP contribution in [0.5, 0.6) is 0 Å². The van der Waals surface area contributed by atoms with E-state index in [-0.39, 0.29) is 5.41 Å². The summed E-state index contributed by atoms with van der Waals surface area (Å²) in [6.07, 6.45) is 9.99. The Morgan fingerprint density at radius 1 is 1.11 bits per heavy atom. The first-order chi connectivity index (χ1) is 9.06. The maximum absolute atomic E-state index is 11.8. The molecule has 2 aliphatic rings. The molecule has 0 bridgehead atoms. The zero-order valence-corrected chi connectivity index (χ0v) is 13.0. The van der Waals surface area contributed by atoms with Gasteiger partial charge < -0.3 is 4.79 Å². The van der Waals surface area contributed by atoms with Gasteiger partial charge in [-0.3, -0.25) is 4.90 Å². The van der Waals surface area contributed by atoms with Gasteiger partial charge in [-0.15, -0.1) is 0 Å². The van der Waals surface area contributed by atoms with Crippen LogP contribution in [-0.4, -0.2) is 30.3 Å². The summed E-state index contributed by atoms with van der Waals surface area (Å²) in [6.45, 7) is 9.27. The van der Waals surface area contributed by atoms with E-state index in [2.05, 4.69) is 25.7 Å². The van der Waals surface area contributed by atoms with Gasteiger partial charge in [0.15, 0.2) is 0 Å². The van der Waals surface area contributed by atoms with E-state index in [1.54, 1.807) is 0 Å². The monoisotopic (exact) mass is 265 g/mol. The molecule has 3 unspecified atom stereocenters. The van der Waals surface area contributed by atoms with E-state index < -0.39 is 0 Å². The van der Waals surface area contributed by atoms with Gasteiger partial charge >= 0.3 is 0 Å². The zero-order valence-electron chi connectivity index (χ0n) is 13.0. The Labute approximate surface area is 118 Å². The highest BCUT2D eigenvalue weighted by Crippen LogP contribution is 2.37. The quantitative estimate of drug-likeness (QED) is 0.570. The van der Waals surface area contributed by atoms with Crippen LogP contribution in [0.3, 0.4) is 0 Å². The molecule has 1 saturated heterocycles. The topological polar surface area (TPSA) is 20.3 Å². The molecule has 0 aromatic heterocycles. The highest BCUT2D eigenvalue weighted by atomic mass is 16.1. The van der Waals surface area contributed by atoms with E-state index in [1.807, 2.05) is 0 Å². The molecule has 3 atom stereocenters. The second kappa shape index (κ2) is 6.39. The summed E-state index contributed by atoms with van der Waals surface area (Å²) in [5.41, 5.74) is -0.0401. The lowest BCUT2D eigenvalue weighted by Gasteiger charge is -2.44. The Morgan fingerprint density at radius 2 is 1.74 bits per heavy atom. The van der Waals surface area contributed by atoms with Gasteiger partial charge in [0.05, 0.1) is 0 Å². The van der Waals surface area contributed by atoms with Crippen molar-refractivity contribution in [3.05, 3.63) is 0 Å². The van der Waals surface area contributed by atoms with Crippen LogP contribution in [-0.2, 0) is 4.79 Å². The van der Waals surface area contributed by atoms with Crippen LogP contribution in [0.4, 0.5) is 0 Å². The van der Waals surface area contributed by atoms with Crippen molar-refractivity contribution in [2.24, 2.45) is 17.3 Å². The first kappa shape index (κ1) is 15.0. The van der Waals surface area contributed by atoms with Gasteiger partial charge in [-0.1, -0.05) is 39.5 Å². The Hall–Kier alpha value is -0.370. The maximum atomic E-state index is 11.8. The third-order valence-electron chi connectivity index (χ3n) is 5.59. The fraction of sp³-hybridized carbons (Fsp3) is 0.941. The average molecular weight is 265 g/mol. The van der Waals surface area contributed by atoms with Gasteiger partial charge in [-0.2, -0.15) is 0 Å². The van der Waals surface area contributed by atoms with Gasteiger partial charge in [0, 0.05) is 24.5 Å². The number of likely N-dealkylation sites (tertiary alicyclic amines) is 1. The van der Waals surface area contributed by atoms with Crippen molar-refractivity contribution in [1.82, 2.24) is 4.90 Å². The Morgan fingerprint density at radius 3 is 2.32 bits per heavy atom. The minimum Gasteiger partial charge on any atom is -0.303 e. The molecule has 1 aliphatic heterocycles. The van der Waals surface area contributed by atoms with E-state index in [0.717, 1.165) is 31.2 Å². The molecule has 1 saturated carbocycles. The van der Waals surface area contributed by atoms with E-state index in [1.165, 1.54) is 44.9 Å². The number of nitrogens with zero attached hydrogens (tertiary/aromatic N) is 1. The standard InChI is InChI=1S/C17H31NO/c1-14-10-15(2)16(3)18(11-14)12-17(13-19)8-6-4-5-7-9-17/h13-16H,4-12H2,1-3H3. The summed E-state index contributed by atoms with van der Waals surface area (Å²) in [5.74, 6) is 1.54. The van der Waals surface area contributed by atoms with Gasteiger partial charge in [-0.05, 0) is 38.0 Å². The van der Waals surface area contributed by atoms with Crippen molar-refractivity contribution in [1.29, 1.82) is 0 Å².